The van der Waals surface area contributed by atoms with Gasteiger partial charge < -0.3 is 24.4 Å². The first-order chi connectivity index (χ1) is 23.6. The van der Waals surface area contributed by atoms with Gasteiger partial charge in [0.2, 0.25) is 0 Å². The molecule has 0 saturated carbocycles. The number of aliphatic hydroxyl groups is 2. The van der Waals surface area contributed by atoms with Gasteiger partial charge in [0.05, 0.1) is 30.0 Å². The third kappa shape index (κ3) is 21.9. The molecule has 0 fully saturated rings. The van der Waals surface area contributed by atoms with Crippen LogP contribution < -0.4 is 0 Å². The van der Waals surface area contributed by atoms with E-state index in [0.717, 1.165) is 103 Å². The lowest BCUT2D eigenvalue weighted by Crippen LogP contribution is -2.42. The van der Waals surface area contributed by atoms with Crippen molar-refractivity contribution in [3.8, 4) is 0 Å². The smallest absolute Gasteiger partial charge is 0.306 e. The van der Waals surface area contributed by atoms with Gasteiger partial charge in [-0.1, -0.05) is 125 Å². The summed E-state index contributed by atoms with van der Waals surface area (Å²) in [4.78, 5) is 12.9. The van der Waals surface area contributed by atoms with Crippen LogP contribution >= 0.6 is 0 Å². The van der Waals surface area contributed by atoms with Gasteiger partial charge in [-0.25, -0.2) is 0 Å². The van der Waals surface area contributed by atoms with E-state index in [-0.39, 0.29) is 17.7 Å². The number of carbonyl (C=O) groups excluding carboxylic acids is 1. The van der Waals surface area contributed by atoms with Gasteiger partial charge >= 0.3 is 5.97 Å². The van der Waals surface area contributed by atoms with Gasteiger partial charge in [0.1, 0.15) is 5.60 Å². The van der Waals surface area contributed by atoms with Crippen molar-refractivity contribution < 1.29 is 29.2 Å². The van der Waals surface area contributed by atoms with Crippen LogP contribution in [0.5, 0.6) is 0 Å². The molecule has 0 heterocycles. The number of rotatable bonds is 35. The van der Waals surface area contributed by atoms with Crippen LogP contribution in [0.25, 0.3) is 0 Å². The molecule has 2 N–H and O–H groups in total. The normalized spacial score (nSPS) is 14.1. The SMILES string of the molecule is CCCCCCC(O)C/C=C\CCCCCCCC(=O)OC(CC)(CC)CCOC(CC)(CC)CC(O)CC(CC)(CC)OCCCCC. The molecule has 2 atom stereocenters. The molecule has 0 bridgehead atoms. The lowest BCUT2D eigenvalue weighted by molar-refractivity contribution is -0.166. The molecule has 0 aromatic carbocycles. The van der Waals surface area contributed by atoms with Gasteiger partial charge in [-0.3, -0.25) is 4.79 Å². The van der Waals surface area contributed by atoms with Crippen LogP contribution in [0.15, 0.2) is 12.2 Å². The number of hydrogen-bond donors (Lipinski definition) is 2. The number of unbranched alkanes of at least 4 members (excludes halogenated alkanes) is 10. The molecule has 0 radical (unpaired) electrons. The highest BCUT2D eigenvalue weighted by atomic mass is 16.6. The molecular weight excluding hydrogens is 612 g/mol. The molecule has 0 aromatic heterocycles. The first-order valence-electron chi connectivity index (χ1n) is 21.1. The van der Waals surface area contributed by atoms with E-state index in [2.05, 4.69) is 67.5 Å². The molecule has 0 aliphatic rings. The van der Waals surface area contributed by atoms with Gasteiger partial charge in [-0.05, 0) is 77.0 Å². The summed E-state index contributed by atoms with van der Waals surface area (Å²) >= 11 is 0. The zero-order valence-electron chi connectivity index (χ0n) is 33.9. The van der Waals surface area contributed by atoms with E-state index in [0.29, 0.717) is 32.3 Å². The van der Waals surface area contributed by atoms with Crippen LogP contribution in [0.4, 0.5) is 0 Å². The van der Waals surface area contributed by atoms with Crippen LogP contribution in [0, 0.1) is 0 Å². The molecular formula is C43H84O6. The zero-order valence-corrected chi connectivity index (χ0v) is 33.9. The Kier molecular flexibility index (Phi) is 29.0. The minimum atomic E-state index is -0.510. The maximum atomic E-state index is 12.9. The summed E-state index contributed by atoms with van der Waals surface area (Å²) in [5, 5.41) is 21.4. The fourth-order valence-corrected chi connectivity index (χ4v) is 7.08. The number of ether oxygens (including phenoxy) is 3. The first-order valence-corrected chi connectivity index (χ1v) is 21.1. The Morgan fingerprint density at radius 1 is 0.571 bits per heavy atom. The molecule has 0 aliphatic heterocycles. The maximum Gasteiger partial charge on any atom is 0.306 e. The molecule has 0 saturated heterocycles. The summed E-state index contributed by atoms with van der Waals surface area (Å²) in [7, 11) is 0. The van der Waals surface area contributed by atoms with Crippen LogP contribution in [0.1, 0.15) is 216 Å². The van der Waals surface area contributed by atoms with E-state index >= 15 is 0 Å². The number of aliphatic hydroxyl groups excluding tert-OH is 2. The first kappa shape index (κ1) is 48.0. The van der Waals surface area contributed by atoms with Crippen LogP contribution in [0.2, 0.25) is 0 Å². The van der Waals surface area contributed by atoms with E-state index in [1.54, 1.807) is 0 Å². The van der Waals surface area contributed by atoms with Crippen molar-refractivity contribution >= 4 is 5.97 Å². The maximum absolute atomic E-state index is 12.9. The third-order valence-corrected chi connectivity index (χ3v) is 11.3. The van der Waals surface area contributed by atoms with Crippen LogP contribution in [0.3, 0.4) is 0 Å². The second-order valence-corrected chi connectivity index (χ2v) is 14.9. The second kappa shape index (κ2) is 29.6. The molecule has 292 valence electrons. The molecule has 6 heteroatoms. The van der Waals surface area contributed by atoms with E-state index < -0.39 is 17.3 Å². The molecule has 6 nitrogen and oxygen atoms in total. The molecule has 49 heavy (non-hydrogen) atoms. The van der Waals surface area contributed by atoms with E-state index in [1.807, 2.05) is 0 Å². The molecule has 2 unspecified atom stereocenters. The van der Waals surface area contributed by atoms with Gasteiger partial charge in [0.25, 0.3) is 0 Å². The summed E-state index contributed by atoms with van der Waals surface area (Å²) in [5.41, 5.74) is -1.20. The van der Waals surface area contributed by atoms with Crippen molar-refractivity contribution in [2.24, 2.45) is 0 Å². The fraction of sp³-hybridized carbons (Fsp3) is 0.930. The summed E-state index contributed by atoms with van der Waals surface area (Å²) in [5.74, 6) is -0.0954. The highest BCUT2D eigenvalue weighted by molar-refractivity contribution is 5.69. The van der Waals surface area contributed by atoms with Gasteiger partial charge in [0.15, 0.2) is 0 Å². The van der Waals surface area contributed by atoms with Crippen LogP contribution in [-0.2, 0) is 19.0 Å². The quantitative estimate of drug-likeness (QED) is 0.0390. The Bertz CT molecular complexity index is 783. The number of esters is 1. The predicted molar refractivity (Wildman–Crippen MR) is 208 cm³/mol. The van der Waals surface area contributed by atoms with Gasteiger partial charge in [0, 0.05) is 32.3 Å². The van der Waals surface area contributed by atoms with Crippen molar-refractivity contribution in [2.75, 3.05) is 13.2 Å². The summed E-state index contributed by atoms with van der Waals surface area (Å²) in [6, 6.07) is 0. The van der Waals surface area contributed by atoms with E-state index in [9.17, 15) is 15.0 Å². The van der Waals surface area contributed by atoms with E-state index in [4.69, 9.17) is 14.2 Å². The topological polar surface area (TPSA) is 85.2 Å². The van der Waals surface area contributed by atoms with Crippen LogP contribution in [-0.4, -0.2) is 58.4 Å². The lowest BCUT2D eigenvalue weighted by atomic mass is 9.83. The zero-order chi connectivity index (χ0) is 36.9. The Balaban J connectivity index is 4.65. The minimum Gasteiger partial charge on any atom is -0.459 e. The number of hydrogen-bond acceptors (Lipinski definition) is 6. The summed E-state index contributed by atoms with van der Waals surface area (Å²) < 4.78 is 19.2. The standard InChI is InChI=1S/C43H84O6/c1-9-17-19-26-30-38(44)31-27-24-22-20-21-23-25-28-32-40(46)49-41(11-3,12-4)33-35-48-43(15-7,16-8)37-39(45)36-42(13-5,14-6)47-34-29-18-10-2/h24,27,38-39,44-45H,9-23,25-26,28-37H2,1-8H3/b27-24-. The molecule has 0 aromatic rings. The Morgan fingerprint density at radius 3 is 1.65 bits per heavy atom. The lowest BCUT2D eigenvalue weighted by Gasteiger charge is -2.39. The minimum absolute atomic E-state index is 0.0954. The number of allylic oxidation sites excluding steroid dienone is 1. The molecule has 0 aliphatic carbocycles. The Hall–Kier alpha value is -0.950. The predicted octanol–water partition coefficient (Wildman–Crippen LogP) is 12.0. The average Bonchev–Trinajstić information content (AvgIpc) is 3.11. The fourth-order valence-electron chi connectivity index (χ4n) is 7.08. The largest absolute Gasteiger partial charge is 0.459 e. The van der Waals surface area contributed by atoms with Crippen molar-refractivity contribution in [1.82, 2.24) is 0 Å². The molecule has 0 amide bonds. The highest BCUT2D eigenvalue weighted by Gasteiger charge is 2.37. The van der Waals surface area contributed by atoms with Crippen molar-refractivity contribution in [1.29, 1.82) is 0 Å². The van der Waals surface area contributed by atoms with Gasteiger partial charge in [-0.15, -0.1) is 0 Å². The summed E-state index contributed by atoms with van der Waals surface area (Å²) in [6.45, 7) is 18.5. The highest BCUT2D eigenvalue weighted by Crippen LogP contribution is 2.34. The van der Waals surface area contributed by atoms with Crippen molar-refractivity contribution in [2.45, 2.75) is 245 Å². The third-order valence-electron chi connectivity index (χ3n) is 11.3. The Morgan fingerprint density at radius 2 is 1.08 bits per heavy atom. The second-order valence-electron chi connectivity index (χ2n) is 14.9. The Labute approximate surface area is 304 Å². The van der Waals surface area contributed by atoms with Crippen molar-refractivity contribution in [3.05, 3.63) is 12.2 Å². The average molecular weight is 697 g/mol. The van der Waals surface area contributed by atoms with Gasteiger partial charge in [-0.2, -0.15) is 0 Å². The molecule has 0 rings (SSSR count). The summed E-state index contributed by atoms with van der Waals surface area (Å²) in [6.07, 6.45) is 27.4. The number of carbonyl (C=O) groups is 1. The van der Waals surface area contributed by atoms with E-state index in [1.165, 1.54) is 38.5 Å². The van der Waals surface area contributed by atoms with Crippen molar-refractivity contribution in [3.63, 3.8) is 0 Å². The monoisotopic (exact) mass is 697 g/mol. The molecule has 0 spiro atoms.